The average Bonchev–Trinajstić information content (AvgIpc) is 3.25. The molecule has 4 aromatic rings. The van der Waals surface area contributed by atoms with Gasteiger partial charge in [0.15, 0.2) is 35.0 Å². The number of phosphoric acid groups is 2. The summed E-state index contributed by atoms with van der Waals surface area (Å²) in [5.74, 6) is -0.799. The lowest BCUT2D eigenvalue weighted by atomic mass is 10.0. The van der Waals surface area contributed by atoms with Gasteiger partial charge in [-0.1, -0.05) is 0 Å². The number of ether oxygens (including phenoxy) is 1. The van der Waals surface area contributed by atoms with E-state index in [1.807, 2.05) is 0 Å². The predicted octanol–water partition coefficient (Wildman–Crippen LogP) is -0.701. The van der Waals surface area contributed by atoms with Crippen molar-refractivity contribution in [2.75, 3.05) is 24.7 Å². The third-order valence-corrected chi connectivity index (χ3v) is 10.9. The van der Waals surface area contributed by atoms with Crippen LogP contribution >= 0.6 is 15.6 Å². The highest BCUT2D eigenvalue weighted by atomic mass is 31.2. The molecule has 0 bridgehead atoms. The molecule has 2 aliphatic carbocycles. The summed E-state index contributed by atoms with van der Waals surface area (Å²) in [6.07, 6.45) is -6.42. The van der Waals surface area contributed by atoms with Crippen molar-refractivity contribution in [3.63, 3.8) is 0 Å². The summed E-state index contributed by atoms with van der Waals surface area (Å²) in [6, 6.07) is -0.946. The zero-order valence-corrected chi connectivity index (χ0v) is 24.9. The number of aliphatic hydroxyl groups is 1. The van der Waals surface area contributed by atoms with Gasteiger partial charge in [0.1, 0.15) is 36.3 Å². The molecule has 6 heterocycles. The molecule has 2 saturated carbocycles. The van der Waals surface area contributed by atoms with Crippen molar-refractivity contribution in [2.24, 2.45) is 11.3 Å². The van der Waals surface area contributed by atoms with Gasteiger partial charge in [-0.3, -0.25) is 32.4 Å². The van der Waals surface area contributed by atoms with Crippen LogP contribution in [-0.2, 0) is 32.0 Å². The number of anilines is 2. The molecule has 4 fully saturated rings. The van der Waals surface area contributed by atoms with E-state index in [1.165, 1.54) is 17.2 Å². The van der Waals surface area contributed by atoms with Gasteiger partial charge in [-0.25, -0.2) is 33.5 Å². The summed E-state index contributed by atoms with van der Waals surface area (Å²) in [6.45, 7) is -1.46. The van der Waals surface area contributed by atoms with E-state index in [0.29, 0.717) is 0 Å². The number of hydrogen-bond acceptors (Lipinski definition) is 16. The molecular formula is C22H25FN10O11P2. The summed E-state index contributed by atoms with van der Waals surface area (Å²) in [4.78, 5) is 56.2. The second-order valence-corrected chi connectivity index (χ2v) is 14.3. The molecule has 46 heavy (non-hydrogen) atoms. The van der Waals surface area contributed by atoms with Crippen LogP contribution < -0.4 is 17.0 Å². The molecule has 24 heteroatoms. The first kappa shape index (κ1) is 29.9. The van der Waals surface area contributed by atoms with Crippen LogP contribution in [0.5, 0.6) is 0 Å². The van der Waals surface area contributed by atoms with E-state index >= 15 is 4.39 Å². The summed E-state index contributed by atoms with van der Waals surface area (Å²) in [5.41, 5.74) is 9.76. The molecule has 8 rings (SSSR count). The van der Waals surface area contributed by atoms with Crippen molar-refractivity contribution in [3.05, 3.63) is 29.3 Å². The van der Waals surface area contributed by atoms with Crippen LogP contribution in [0.2, 0.25) is 0 Å². The fourth-order valence-corrected chi connectivity index (χ4v) is 8.83. The molecule has 2 saturated heterocycles. The number of alkyl halides is 1. The maximum absolute atomic E-state index is 16.0. The number of fused-ring (bicyclic) bond motifs is 3. The van der Waals surface area contributed by atoms with Crippen LogP contribution in [0.3, 0.4) is 0 Å². The smallest absolute Gasteiger partial charge is 0.388 e. The Morgan fingerprint density at radius 2 is 1.76 bits per heavy atom. The Bertz CT molecular complexity index is 2040. The van der Waals surface area contributed by atoms with E-state index in [1.54, 1.807) is 0 Å². The van der Waals surface area contributed by atoms with Crippen LogP contribution in [0.25, 0.3) is 22.3 Å². The lowest BCUT2D eigenvalue weighted by Gasteiger charge is -2.31. The molecule has 21 nitrogen and oxygen atoms in total. The molecule has 2 aliphatic heterocycles. The van der Waals surface area contributed by atoms with E-state index in [9.17, 15) is 28.8 Å². The average molecular weight is 686 g/mol. The number of imidazole rings is 2. The molecule has 4 aliphatic rings. The minimum atomic E-state index is -5.06. The Hall–Kier alpha value is -3.43. The topological polar surface area (TPSA) is 300 Å². The van der Waals surface area contributed by atoms with Crippen molar-refractivity contribution in [1.29, 1.82) is 0 Å². The van der Waals surface area contributed by atoms with Gasteiger partial charge < -0.3 is 35.7 Å². The largest absolute Gasteiger partial charge is 0.472 e. The number of nitrogens with two attached hydrogens (primary N) is 2. The van der Waals surface area contributed by atoms with Gasteiger partial charge in [0, 0.05) is 5.41 Å². The number of aromatic nitrogens is 8. The van der Waals surface area contributed by atoms with Crippen LogP contribution in [0.15, 0.2) is 23.8 Å². The lowest BCUT2D eigenvalue weighted by molar-refractivity contribution is -0.0663. The fourth-order valence-electron chi connectivity index (χ4n) is 6.79. The normalized spacial score (nSPS) is 41.0. The van der Waals surface area contributed by atoms with E-state index in [0.717, 1.165) is 10.9 Å². The van der Waals surface area contributed by atoms with Crippen molar-refractivity contribution < 1.29 is 51.2 Å². The molecule has 11 atom stereocenters. The zero-order valence-electron chi connectivity index (χ0n) is 23.1. The fraction of sp³-hybridized carbons (Fsp3) is 0.545. The molecule has 0 radical (unpaired) electrons. The molecule has 246 valence electrons. The van der Waals surface area contributed by atoms with Crippen molar-refractivity contribution >= 4 is 49.7 Å². The highest BCUT2D eigenvalue weighted by Crippen LogP contribution is 2.72. The van der Waals surface area contributed by atoms with Crippen molar-refractivity contribution in [2.45, 2.75) is 49.3 Å². The van der Waals surface area contributed by atoms with E-state index in [-0.39, 0.29) is 40.5 Å². The number of H-pyrrole nitrogens is 1. The maximum atomic E-state index is 16.0. The first-order valence-electron chi connectivity index (χ1n) is 13.7. The highest BCUT2D eigenvalue weighted by Gasteiger charge is 2.74. The van der Waals surface area contributed by atoms with Gasteiger partial charge in [-0.05, 0) is 12.3 Å². The monoisotopic (exact) mass is 686 g/mol. The van der Waals surface area contributed by atoms with Gasteiger partial charge in [0.2, 0.25) is 5.95 Å². The van der Waals surface area contributed by atoms with Gasteiger partial charge in [-0.2, -0.15) is 4.98 Å². The first-order valence-corrected chi connectivity index (χ1v) is 16.7. The summed E-state index contributed by atoms with van der Waals surface area (Å²) >= 11 is 0. The van der Waals surface area contributed by atoms with Crippen LogP contribution in [0, 0.1) is 11.3 Å². The minimum absolute atomic E-state index is 0.0119. The van der Waals surface area contributed by atoms with E-state index in [4.69, 9.17) is 34.3 Å². The predicted molar refractivity (Wildman–Crippen MR) is 148 cm³/mol. The van der Waals surface area contributed by atoms with Crippen molar-refractivity contribution in [1.82, 2.24) is 39.0 Å². The Balaban J connectivity index is 1.11. The number of aromatic amines is 1. The summed E-state index contributed by atoms with van der Waals surface area (Å²) < 4.78 is 72.0. The molecule has 0 amide bonds. The van der Waals surface area contributed by atoms with Gasteiger partial charge >= 0.3 is 15.6 Å². The zero-order chi connectivity index (χ0) is 32.3. The van der Waals surface area contributed by atoms with E-state index in [2.05, 4.69) is 29.9 Å². The number of halogens is 1. The molecule has 2 unspecified atom stereocenters. The second kappa shape index (κ2) is 10.0. The van der Waals surface area contributed by atoms with Crippen LogP contribution in [-0.4, -0.2) is 97.7 Å². The standard InChI is InChI=1S/C22H25FN10O11P2/c23-9-14-8(42-20(9)33-6-28-10-16(24)26-4-27-17(10)33)2-40-45(36,37)44-15-13(34)12(7-1-22(7,15)3-41-46(38,39)43-14)32-5-29-11-18(32)30-21(25)31-19(11)35/h4-9,12-15,20,34H,1-3H2,(H,36,37)(H,38,39)(H2,24,26,27)(H3,25,30,31,35)/t7-,8-,9-,12-,13+,14-,15+,20-,22+/m1/s1. The number of hydrogen-bond donors (Lipinski definition) is 6. The highest BCUT2D eigenvalue weighted by molar-refractivity contribution is 7.47. The SMILES string of the molecule is Nc1nc2c(ncn2[C@H]2[C@H](O)[C@@H]3OP(=O)(O)OC[C@H]4O[C@@H](n5cnc6c(N)ncnc65)[C@H](F)[C@@H]4OP(=O)(O)OC[C@]34C[C@H]24)c(=O)[nH]1. The third-order valence-electron chi connectivity index (χ3n) is 8.92. The molecule has 1 spiro atoms. The summed E-state index contributed by atoms with van der Waals surface area (Å²) in [5, 5.41) is 11.4. The number of nitrogens with zero attached hydrogens (tertiary/aromatic N) is 7. The molecule has 8 N–H and O–H groups in total. The number of nitrogen functional groups attached to an aromatic ring is 2. The quantitative estimate of drug-likeness (QED) is 0.142. The minimum Gasteiger partial charge on any atom is -0.388 e. The van der Waals surface area contributed by atoms with E-state index < -0.39 is 88.6 Å². The van der Waals surface area contributed by atoms with Crippen LogP contribution in [0.1, 0.15) is 18.7 Å². The van der Waals surface area contributed by atoms with Gasteiger partial charge in [-0.15, -0.1) is 0 Å². The number of phosphoric ester groups is 2. The number of aliphatic hydroxyl groups excluding tert-OH is 1. The first-order chi connectivity index (χ1) is 21.8. The van der Waals surface area contributed by atoms with Gasteiger partial charge in [0.05, 0.1) is 31.9 Å². The third kappa shape index (κ3) is 4.52. The Morgan fingerprint density at radius 1 is 1.02 bits per heavy atom. The van der Waals surface area contributed by atoms with Crippen molar-refractivity contribution in [3.8, 4) is 0 Å². The van der Waals surface area contributed by atoms with Gasteiger partial charge in [0.25, 0.3) is 5.56 Å². The summed E-state index contributed by atoms with van der Waals surface area (Å²) in [7, 11) is -10.1. The molecular weight excluding hydrogens is 661 g/mol. The molecule has 0 aromatic carbocycles. The Labute approximate surface area is 254 Å². The number of rotatable bonds is 2. The Morgan fingerprint density at radius 3 is 2.57 bits per heavy atom. The maximum Gasteiger partial charge on any atom is 0.472 e. The Kier molecular flexibility index (Phi) is 6.53. The number of nitrogens with one attached hydrogen (secondary N) is 1. The molecule has 4 aromatic heterocycles. The second-order valence-electron chi connectivity index (χ2n) is 11.5. The van der Waals surface area contributed by atoms with Crippen LogP contribution in [0.4, 0.5) is 16.2 Å². The lowest BCUT2D eigenvalue weighted by Crippen LogP contribution is -2.39.